The Bertz CT molecular complexity index is 1020. The average molecular weight is 403 g/mol. The maximum atomic E-state index is 12.7. The fourth-order valence-electron chi connectivity index (χ4n) is 3.34. The Hall–Kier alpha value is -3.71. The first-order valence-corrected chi connectivity index (χ1v) is 9.66. The number of hydrazone groups is 1. The van der Waals surface area contributed by atoms with E-state index >= 15 is 0 Å². The number of rotatable bonds is 5. The van der Waals surface area contributed by atoms with E-state index in [-0.39, 0.29) is 11.3 Å². The lowest BCUT2D eigenvalue weighted by atomic mass is 10.1. The van der Waals surface area contributed by atoms with Crippen molar-refractivity contribution >= 4 is 35.0 Å². The Morgan fingerprint density at radius 1 is 1.00 bits per heavy atom. The Morgan fingerprint density at radius 3 is 2.37 bits per heavy atom. The molecule has 2 aliphatic heterocycles. The van der Waals surface area contributed by atoms with Crippen molar-refractivity contribution in [3.8, 4) is 0 Å². The summed E-state index contributed by atoms with van der Waals surface area (Å²) in [7, 11) is 0. The summed E-state index contributed by atoms with van der Waals surface area (Å²) in [6.07, 6.45) is 4.99. The van der Waals surface area contributed by atoms with E-state index in [4.69, 9.17) is 4.74 Å². The van der Waals surface area contributed by atoms with Gasteiger partial charge >= 0.3 is 5.97 Å². The lowest BCUT2D eigenvalue weighted by Crippen LogP contribution is -2.36. The molecule has 0 saturated carbocycles. The molecular weight excluding hydrogens is 382 g/mol. The van der Waals surface area contributed by atoms with Gasteiger partial charge in [-0.05, 0) is 35.9 Å². The van der Waals surface area contributed by atoms with Crippen LogP contribution in [0, 0.1) is 0 Å². The molecule has 1 fully saturated rings. The summed E-state index contributed by atoms with van der Waals surface area (Å²) in [5.74, 6) is -1.71. The molecule has 2 aromatic rings. The maximum Gasteiger partial charge on any atom is 0.357 e. The second kappa shape index (κ2) is 8.75. The molecule has 0 spiro atoms. The van der Waals surface area contributed by atoms with Crippen molar-refractivity contribution < 1.29 is 19.4 Å². The first kappa shape index (κ1) is 19.6. The lowest BCUT2D eigenvalue weighted by molar-refractivity contribution is -0.129. The molecular formula is C23H21N3O4. The summed E-state index contributed by atoms with van der Waals surface area (Å²) in [5, 5.41) is 14.6. The number of nitrogens with zero attached hydrogens (tertiary/aromatic N) is 3. The SMILES string of the molecule is O=C(O)C1=NN(c2ccccc2)C(=O)/C1=C\C=C\c1ccc(N2CCOCC2)cc1. The number of carboxylic acids is 1. The van der Waals surface area contributed by atoms with Crippen LogP contribution in [0.2, 0.25) is 0 Å². The van der Waals surface area contributed by atoms with E-state index in [1.54, 1.807) is 30.3 Å². The molecule has 0 unspecified atom stereocenters. The summed E-state index contributed by atoms with van der Waals surface area (Å²) in [5.41, 5.74) is 2.39. The quantitative estimate of drug-likeness (QED) is 0.777. The number of carbonyl (C=O) groups is 2. The number of hydrogen-bond donors (Lipinski definition) is 1. The molecule has 1 amide bonds. The van der Waals surface area contributed by atoms with Crippen LogP contribution >= 0.6 is 0 Å². The second-order valence-electron chi connectivity index (χ2n) is 6.84. The van der Waals surface area contributed by atoms with Gasteiger partial charge in [0.05, 0.1) is 24.5 Å². The van der Waals surface area contributed by atoms with Crippen LogP contribution in [0.3, 0.4) is 0 Å². The lowest BCUT2D eigenvalue weighted by Gasteiger charge is -2.28. The van der Waals surface area contributed by atoms with Gasteiger partial charge in [-0.3, -0.25) is 4.79 Å². The molecule has 2 aliphatic rings. The number of morpholine rings is 1. The number of aliphatic carboxylic acids is 1. The number of hydrogen-bond acceptors (Lipinski definition) is 5. The minimum atomic E-state index is -1.24. The third kappa shape index (κ3) is 4.16. The van der Waals surface area contributed by atoms with Gasteiger partial charge in [-0.1, -0.05) is 42.5 Å². The monoisotopic (exact) mass is 403 g/mol. The number of carbonyl (C=O) groups excluding carboxylic acids is 1. The van der Waals surface area contributed by atoms with Crippen molar-refractivity contribution in [2.24, 2.45) is 5.10 Å². The number of carboxylic acid groups (broad SMARTS) is 1. The number of benzene rings is 2. The van der Waals surface area contributed by atoms with Crippen LogP contribution in [-0.4, -0.2) is 49.0 Å². The first-order valence-electron chi connectivity index (χ1n) is 9.66. The highest BCUT2D eigenvalue weighted by atomic mass is 16.5. The molecule has 0 aromatic heterocycles. The first-order chi connectivity index (χ1) is 14.6. The Labute approximate surface area is 174 Å². The topological polar surface area (TPSA) is 82.4 Å². The highest BCUT2D eigenvalue weighted by molar-refractivity contribution is 6.52. The van der Waals surface area contributed by atoms with Gasteiger partial charge in [0.2, 0.25) is 0 Å². The number of allylic oxidation sites excluding steroid dienone is 2. The summed E-state index contributed by atoms with van der Waals surface area (Å²) < 4.78 is 5.37. The van der Waals surface area contributed by atoms with E-state index in [2.05, 4.69) is 10.0 Å². The molecule has 152 valence electrons. The molecule has 0 atom stereocenters. The van der Waals surface area contributed by atoms with Crippen LogP contribution in [0.1, 0.15) is 5.56 Å². The molecule has 1 N–H and O–H groups in total. The third-order valence-corrected chi connectivity index (χ3v) is 4.90. The van der Waals surface area contributed by atoms with Crippen LogP contribution in [0.4, 0.5) is 11.4 Å². The van der Waals surface area contributed by atoms with E-state index in [0.29, 0.717) is 5.69 Å². The normalized spacial score (nSPS) is 18.3. The number of para-hydroxylation sites is 1. The number of anilines is 2. The van der Waals surface area contributed by atoms with E-state index in [1.165, 1.54) is 6.08 Å². The molecule has 30 heavy (non-hydrogen) atoms. The summed E-state index contributed by atoms with van der Waals surface area (Å²) in [6, 6.07) is 16.8. The van der Waals surface area contributed by atoms with E-state index in [9.17, 15) is 14.7 Å². The summed E-state index contributed by atoms with van der Waals surface area (Å²) >= 11 is 0. The number of ether oxygens (including phenoxy) is 1. The fourth-order valence-corrected chi connectivity index (χ4v) is 3.34. The fraction of sp³-hybridized carbons (Fsp3) is 0.174. The molecule has 2 aromatic carbocycles. The predicted molar refractivity (Wildman–Crippen MR) is 116 cm³/mol. The highest BCUT2D eigenvalue weighted by Gasteiger charge is 2.34. The zero-order valence-corrected chi connectivity index (χ0v) is 16.3. The highest BCUT2D eigenvalue weighted by Crippen LogP contribution is 2.24. The van der Waals surface area contributed by atoms with Crippen molar-refractivity contribution in [3.63, 3.8) is 0 Å². The van der Waals surface area contributed by atoms with E-state index < -0.39 is 11.9 Å². The van der Waals surface area contributed by atoms with Crippen LogP contribution in [-0.2, 0) is 14.3 Å². The zero-order chi connectivity index (χ0) is 20.9. The third-order valence-electron chi connectivity index (χ3n) is 4.90. The van der Waals surface area contributed by atoms with Crippen molar-refractivity contribution in [1.29, 1.82) is 0 Å². The average Bonchev–Trinajstić information content (AvgIpc) is 3.12. The van der Waals surface area contributed by atoms with Gasteiger partial charge in [0.1, 0.15) is 0 Å². The van der Waals surface area contributed by atoms with Gasteiger partial charge in [-0.2, -0.15) is 10.1 Å². The van der Waals surface area contributed by atoms with Crippen molar-refractivity contribution in [2.75, 3.05) is 36.2 Å². The van der Waals surface area contributed by atoms with Crippen molar-refractivity contribution in [3.05, 3.63) is 77.9 Å². The summed E-state index contributed by atoms with van der Waals surface area (Å²) in [6.45, 7) is 3.21. The van der Waals surface area contributed by atoms with Gasteiger partial charge in [0.15, 0.2) is 5.71 Å². The van der Waals surface area contributed by atoms with Crippen molar-refractivity contribution in [1.82, 2.24) is 0 Å². The largest absolute Gasteiger partial charge is 0.476 e. The van der Waals surface area contributed by atoms with Crippen LogP contribution in [0.25, 0.3) is 6.08 Å². The van der Waals surface area contributed by atoms with Gasteiger partial charge in [0.25, 0.3) is 5.91 Å². The Morgan fingerprint density at radius 2 is 1.70 bits per heavy atom. The Balaban J connectivity index is 1.51. The standard InChI is InChI=1S/C23H21N3O4/c27-22-20(21(23(28)29)24-26(22)19-6-2-1-3-7-19)8-4-5-17-9-11-18(12-10-17)25-13-15-30-16-14-25/h1-12H,13-16H2,(H,28,29)/b5-4+,20-8-. The van der Waals surface area contributed by atoms with Crippen molar-refractivity contribution in [2.45, 2.75) is 0 Å². The predicted octanol–water partition coefficient (Wildman–Crippen LogP) is 2.95. The van der Waals surface area contributed by atoms with Gasteiger partial charge in [0, 0.05) is 18.8 Å². The molecule has 1 saturated heterocycles. The van der Waals surface area contributed by atoms with Crippen LogP contribution in [0.5, 0.6) is 0 Å². The smallest absolute Gasteiger partial charge is 0.357 e. The molecule has 2 heterocycles. The van der Waals surface area contributed by atoms with Crippen LogP contribution < -0.4 is 9.91 Å². The minimum Gasteiger partial charge on any atom is -0.476 e. The molecule has 4 rings (SSSR count). The molecule has 0 radical (unpaired) electrons. The molecule has 7 nitrogen and oxygen atoms in total. The number of amides is 1. The minimum absolute atomic E-state index is 0.0486. The van der Waals surface area contributed by atoms with Gasteiger partial charge < -0.3 is 14.7 Å². The zero-order valence-electron chi connectivity index (χ0n) is 16.3. The van der Waals surface area contributed by atoms with Gasteiger partial charge in [-0.15, -0.1) is 0 Å². The van der Waals surface area contributed by atoms with Crippen LogP contribution in [0.15, 0.2) is 77.4 Å². The summed E-state index contributed by atoms with van der Waals surface area (Å²) in [4.78, 5) is 26.5. The Kier molecular flexibility index (Phi) is 5.72. The van der Waals surface area contributed by atoms with Gasteiger partial charge in [-0.25, -0.2) is 4.79 Å². The van der Waals surface area contributed by atoms with E-state index in [1.807, 2.05) is 36.4 Å². The molecule has 0 aliphatic carbocycles. The second-order valence-corrected chi connectivity index (χ2v) is 6.84. The van der Waals surface area contributed by atoms with E-state index in [0.717, 1.165) is 42.6 Å². The maximum absolute atomic E-state index is 12.7. The molecule has 0 bridgehead atoms. The molecule has 7 heteroatoms.